The monoisotopic (exact) mass is 478 g/mol. The largest absolute Gasteiger partial charge is 0.416 e. The second kappa shape index (κ2) is 9.03. The molecule has 0 atom stereocenters. The van der Waals surface area contributed by atoms with Crippen molar-refractivity contribution in [2.24, 2.45) is 0 Å². The Morgan fingerprint density at radius 1 is 0.970 bits per heavy atom. The highest BCUT2D eigenvalue weighted by molar-refractivity contribution is 7.92. The lowest BCUT2D eigenvalue weighted by atomic mass is 10.1. The second-order valence-corrected chi connectivity index (χ2v) is 9.63. The Morgan fingerprint density at radius 3 is 2.36 bits per heavy atom. The van der Waals surface area contributed by atoms with Gasteiger partial charge in [0.15, 0.2) is 9.84 Å². The molecular formula is C23H21F3N2O4S. The molecule has 0 spiro atoms. The van der Waals surface area contributed by atoms with Gasteiger partial charge in [-0.25, -0.2) is 8.42 Å². The molecule has 1 N–H and O–H groups in total. The molecule has 6 nitrogen and oxygen atoms in total. The zero-order valence-corrected chi connectivity index (χ0v) is 18.2. The van der Waals surface area contributed by atoms with Crippen LogP contribution in [0.1, 0.15) is 5.56 Å². The van der Waals surface area contributed by atoms with Crippen LogP contribution in [0.2, 0.25) is 0 Å². The van der Waals surface area contributed by atoms with Gasteiger partial charge in [0.2, 0.25) is 5.91 Å². The minimum atomic E-state index is -4.61. The molecule has 0 radical (unpaired) electrons. The standard InChI is InChI=1S/C23H21F3N2O4S/c24-23(25,26)18-6-8-21(28-9-11-32-12-10-28)20(14-18)27-22(29)15-33(30,31)19-7-5-16-3-1-2-4-17(16)13-19/h1-8,13-14H,9-12,15H2,(H,27,29). The first-order valence-electron chi connectivity index (χ1n) is 10.2. The van der Waals surface area contributed by atoms with Gasteiger partial charge in [-0.05, 0) is 41.1 Å². The van der Waals surface area contributed by atoms with Crippen molar-refractivity contribution < 1.29 is 31.1 Å². The van der Waals surface area contributed by atoms with Crippen LogP contribution >= 0.6 is 0 Å². The summed E-state index contributed by atoms with van der Waals surface area (Å²) in [5.74, 6) is -1.82. The number of benzene rings is 3. The van der Waals surface area contributed by atoms with Crippen LogP contribution in [0.3, 0.4) is 0 Å². The topological polar surface area (TPSA) is 75.7 Å². The van der Waals surface area contributed by atoms with Gasteiger partial charge in [0.05, 0.1) is 35.0 Å². The second-order valence-electron chi connectivity index (χ2n) is 7.65. The summed E-state index contributed by atoms with van der Waals surface area (Å²) < 4.78 is 70.7. The van der Waals surface area contributed by atoms with Gasteiger partial charge < -0.3 is 15.0 Å². The smallest absolute Gasteiger partial charge is 0.378 e. The maximum Gasteiger partial charge on any atom is 0.416 e. The van der Waals surface area contributed by atoms with E-state index in [2.05, 4.69) is 5.32 Å². The number of amides is 1. The number of sulfone groups is 1. The third-order valence-electron chi connectivity index (χ3n) is 5.35. The van der Waals surface area contributed by atoms with Crippen LogP contribution in [-0.4, -0.2) is 46.4 Å². The van der Waals surface area contributed by atoms with E-state index in [9.17, 15) is 26.4 Å². The molecule has 0 aliphatic carbocycles. The van der Waals surface area contributed by atoms with Crippen LogP contribution in [0, 0.1) is 0 Å². The van der Waals surface area contributed by atoms with Gasteiger partial charge in [0.25, 0.3) is 0 Å². The number of alkyl halides is 3. The van der Waals surface area contributed by atoms with Gasteiger partial charge in [-0.3, -0.25) is 4.79 Å². The summed E-state index contributed by atoms with van der Waals surface area (Å²) >= 11 is 0. The molecule has 0 aromatic heterocycles. The van der Waals surface area contributed by atoms with Gasteiger partial charge in [-0.15, -0.1) is 0 Å². The van der Waals surface area contributed by atoms with Crippen LogP contribution in [0.25, 0.3) is 10.8 Å². The minimum absolute atomic E-state index is 0.0335. The van der Waals surface area contributed by atoms with Crippen LogP contribution in [0.15, 0.2) is 65.6 Å². The van der Waals surface area contributed by atoms with E-state index >= 15 is 0 Å². The molecule has 4 rings (SSSR count). The Balaban J connectivity index is 1.59. The fourth-order valence-electron chi connectivity index (χ4n) is 3.70. The number of nitrogens with zero attached hydrogens (tertiary/aromatic N) is 1. The molecule has 1 heterocycles. The molecule has 0 unspecified atom stereocenters. The maximum absolute atomic E-state index is 13.3. The number of carbonyl (C=O) groups excluding carboxylic acids is 1. The number of carbonyl (C=O) groups is 1. The number of anilines is 2. The molecule has 1 aliphatic rings. The molecule has 1 saturated heterocycles. The molecule has 10 heteroatoms. The zero-order valence-electron chi connectivity index (χ0n) is 17.4. The van der Waals surface area contributed by atoms with E-state index in [0.717, 1.165) is 17.5 Å². The van der Waals surface area contributed by atoms with E-state index < -0.39 is 33.2 Å². The molecule has 0 saturated carbocycles. The predicted molar refractivity (Wildman–Crippen MR) is 119 cm³/mol. The van der Waals surface area contributed by atoms with Crippen molar-refractivity contribution in [3.05, 3.63) is 66.2 Å². The molecule has 3 aromatic carbocycles. The zero-order chi connectivity index (χ0) is 23.6. The summed E-state index contributed by atoms with van der Waals surface area (Å²) in [6, 6.07) is 14.8. The van der Waals surface area contributed by atoms with Crippen LogP contribution < -0.4 is 10.2 Å². The van der Waals surface area contributed by atoms with E-state index in [-0.39, 0.29) is 10.6 Å². The lowest BCUT2D eigenvalue weighted by molar-refractivity contribution is -0.137. The minimum Gasteiger partial charge on any atom is -0.378 e. The van der Waals surface area contributed by atoms with Gasteiger partial charge in [-0.1, -0.05) is 30.3 Å². The first-order valence-corrected chi connectivity index (χ1v) is 11.8. The third-order valence-corrected chi connectivity index (χ3v) is 6.97. The highest BCUT2D eigenvalue weighted by Gasteiger charge is 2.32. The normalized spacial score (nSPS) is 14.9. The molecule has 3 aromatic rings. The molecule has 0 bridgehead atoms. The Labute approximate surface area is 188 Å². The fourth-order valence-corrected chi connectivity index (χ4v) is 4.86. The van der Waals surface area contributed by atoms with E-state index in [1.165, 1.54) is 18.2 Å². The number of hydrogen-bond donors (Lipinski definition) is 1. The van der Waals surface area contributed by atoms with Crippen molar-refractivity contribution in [3.8, 4) is 0 Å². The maximum atomic E-state index is 13.3. The van der Waals surface area contributed by atoms with Gasteiger partial charge in [-0.2, -0.15) is 13.2 Å². The van der Waals surface area contributed by atoms with Gasteiger partial charge in [0.1, 0.15) is 5.75 Å². The summed E-state index contributed by atoms with van der Waals surface area (Å²) in [4.78, 5) is 14.4. The molecular weight excluding hydrogens is 457 g/mol. The summed E-state index contributed by atoms with van der Waals surface area (Å²) in [7, 11) is -4.02. The summed E-state index contributed by atoms with van der Waals surface area (Å²) in [6.45, 7) is 1.66. The number of hydrogen-bond acceptors (Lipinski definition) is 5. The van der Waals surface area contributed by atoms with Crippen molar-refractivity contribution in [1.82, 2.24) is 0 Å². The Hall–Kier alpha value is -3.11. The summed E-state index contributed by atoms with van der Waals surface area (Å²) in [5.41, 5.74) is -0.652. The number of ether oxygens (including phenoxy) is 1. The lowest BCUT2D eigenvalue weighted by Gasteiger charge is -2.31. The fraction of sp³-hybridized carbons (Fsp3) is 0.261. The van der Waals surface area contributed by atoms with Crippen LogP contribution in [0.4, 0.5) is 24.5 Å². The first-order chi connectivity index (χ1) is 15.6. The first kappa shape index (κ1) is 23.1. The third kappa shape index (κ3) is 5.28. The highest BCUT2D eigenvalue weighted by atomic mass is 32.2. The predicted octanol–water partition coefficient (Wildman–Crippen LogP) is 4.11. The van der Waals surface area contributed by atoms with Gasteiger partial charge in [0, 0.05) is 13.1 Å². The lowest BCUT2D eigenvalue weighted by Crippen LogP contribution is -2.37. The Morgan fingerprint density at radius 2 is 1.67 bits per heavy atom. The molecule has 33 heavy (non-hydrogen) atoms. The summed E-state index contributed by atoms with van der Waals surface area (Å²) in [5, 5.41) is 3.93. The average Bonchev–Trinajstić information content (AvgIpc) is 2.78. The number of halogens is 3. The van der Waals surface area contributed by atoms with Crippen molar-refractivity contribution in [2.75, 3.05) is 42.3 Å². The van der Waals surface area contributed by atoms with Gasteiger partial charge >= 0.3 is 6.18 Å². The van der Waals surface area contributed by atoms with Crippen molar-refractivity contribution in [2.45, 2.75) is 11.1 Å². The number of rotatable bonds is 5. The van der Waals surface area contributed by atoms with E-state index in [1.807, 2.05) is 12.1 Å². The van der Waals surface area contributed by atoms with E-state index in [4.69, 9.17) is 4.74 Å². The quantitative estimate of drug-likeness (QED) is 0.598. The number of fused-ring (bicyclic) bond motifs is 1. The number of morpholine rings is 1. The molecule has 1 aliphatic heterocycles. The summed E-state index contributed by atoms with van der Waals surface area (Å²) in [6.07, 6.45) is -4.61. The number of nitrogens with one attached hydrogen (secondary N) is 1. The average molecular weight is 478 g/mol. The molecule has 1 fully saturated rings. The molecule has 1 amide bonds. The van der Waals surface area contributed by atoms with Crippen molar-refractivity contribution >= 4 is 37.9 Å². The van der Waals surface area contributed by atoms with E-state index in [0.29, 0.717) is 37.4 Å². The van der Waals surface area contributed by atoms with E-state index in [1.54, 1.807) is 23.1 Å². The van der Waals surface area contributed by atoms with Crippen molar-refractivity contribution in [1.29, 1.82) is 0 Å². The Kier molecular flexibility index (Phi) is 6.31. The van der Waals surface area contributed by atoms with Crippen molar-refractivity contribution in [3.63, 3.8) is 0 Å². The SMILES string of the molecule is O=C(CS(=O)(=O)c1ccc2ccccc2c1)Nc1cc(C(F)(F)F)ccc1N1CCOCC1. The Bertz CT molecular complexity index is 1290. The molecule has 174 valence electrons. The highest BCUT2D eigenvalue weighted by Crippen LogP contribution is 2.36. The van der Waals surface area contributed by atoms with Crippen LogP contribution in [-0.2, 0) is 25.5 Å². The van der Waals surface area contributed by atoms with Crippen LogP contribution in [0.5, 0.6) is 0 Å².